The minimum absolute atomic E-state index is 0.201. The molecule has 1 aromatic carbocycles. The predicted molar refractivity (Wildman–Crippen MR) is 180 cm³/mol. The first-order valence-electron chi connectivity index (χ1n) is 17.0. The average molecular weight is 628 g/mol. The largest absolute Gasteiger partial charge is 0.378 e. The molecule has 0 spiro atoms. The van der Waals surface area contributed by atoms with Crippen LogP contribution in [0, 0.1) is 0 Å². The number of nitrogens with one attached hydrogen (secondary N) is 2. The summed E-state index contributed by atoms with van der Waals surface area (Å²) in [6.07, 6.45) is 9.56. The quantitative estimate of drug-likeness (QED) is 0.176. The van der Waals surface area contributed by atoms with Gasteiger partial charge in [-0.05, 0) is 89.3 Å². The smallest absolute Gasteiger partial charge is 0.242 e. The molecule has 3 fully saturated rings. The molecule has 3 saturated heterocycles. The van der Waals surface area contributed by atoms with Crippen molar-refractivity contribution in [1.82, 2.24) is 25.3 Å². The number of rotatable bonds is 19. The number of likely N-dealkylation sites (N-methyl/N-ethyl adjacent to an activating group) is 2. The van der Waals surface area contributed by atoms with E-state index in [2.05, 4.69) is 37.5 Å². The molecule has 0 radical (unpaired) electrons. The molecule has 3 unspecified atom stereocenters. The molecular weight excluding hydrogens is 570 g/mol. The van der Waals surface area contributed by atoms with Crippen molar-refractivity contribution in [2.45, 2.75) is 82.1 Å². The van der Waals surface area contributed by atoms with Crippen LogP contribution >= 0.6 is 0 Å². The summed E-state index contributed by atoms with van der Waals surface area (Å²) >= 11 is 0. The molecule has 11 nitrogen and oxygen atoms in total. The maximum atomic E-state index is 12.6. The molecule has 4 rings (SSSR count). The summed E-state index contributed by atoms with van der Waals surface area (Å²) in [7, 11) is 7.45. The van der Waals surface area contributed by atoms with E-state index in [-0.39, 0.29) is 18.7 Å². The number of fused-ring (bicyclic) bond motifs is 1. The van der Waals surface area contributed by atoms with Crippen molar-refractivity contribution in [3.8, 4) is 0 Å². The minimum atomic E-state index is -0.752. The summed E-state index contributed by atoms with van der Waals surface area (Å²) < 4.78 is 6.26. The number of benzene rings is 1. The van der Waals surface area contributed by atoms with Crippen LogP contribution in [0.4, 0.5) is 11.4 Å². The van der Waals surface area contributed by atoms with Crippen molar-refractivity contribution >= 4 is 30.0 Å². The van der Waals surface area contributed by atoms with Crippen molar-refractivity contribution in [3.63, 3.8) is 0 Å². The van der Waals surface area contributed by atoms with Gasteiger partial charge in [-0.2, -0.15) is 0 Å². The minimum Gasteiger partial charge on any atom is -0.378 e. The fourth-order valence-electron chi connectivity index (χ4n) is 7.54. The monoisotopic (exact) mass is 627 g/mol. The number of carbonyl (C=O) groups is 3. The Morgan fingerprint density at radius 3 is 2.53 bits per heavy atom. The Morgan fingerprint density at radius 1 is 1.04 bits per heavy atom. The Hall–Kier alpha value is -2.57. The van der Waals surface area contributed by atoms with E-state index in [4.69, 9.17) is 4.74 Å². The van der Waals surface area contributed by atoms with Crippen LogP contribution in [0.2, 0.25) is 0 Å². The van der Waals surface area contributed by atoms with Crippen molar-refractivity contribution in [3.05, 3.63) is 23.8 Å². The van der Waals surface area contributed by atoms with Crippen LogP contribution < -0.4 is 20.4 Å². The predicted octanol–water partition coefficient (Wildman–Crippen LogP) is 1.94. The van der Waals surface area contributed by atoms with Gasteiger partial charge in [-0.1, -0.05) is 6.07 Å². The average Bonchev–Trinajstić information content (AvgIpc) is 3.68. The van der Waals surface area contributed by atoms with Crippen LogP contribution in [-0.2, 0) is 25.7 Å². The van der Waals surface area contributed by atoms with Gasteiger partial charge >= 0.3 is 0 Å². The van der Waals surface area contributed by atoms with Crippen LogP contribution in [0.3, 0.4) is 0 Å². The maximum absolute atomic E-state index is 12.6. The zero-order chi connectivity index (χ0) is 32.2. The number of amides is 2. The Balaban J connectivity index is 1.31. The molecule has 1 aromatic rings. The molecular formula is C34H57N7O4. The highest BCUT2D eigenvalue weighted by molar-refractivity contribution is 5.95. The van der Waals surface area contributed by atoms with E-state index in [1.54, 1.807) is 7.05 Å². The van der Waals surface area contributed by atoms with Gasteiger partial charge in [0.2, 0.25) is 12.3 Å². The molecule has 3 atom stereocenters. The second-order valence-electron chi connectivity index (χ2n) is 13.1. The Labute approximate surface area is 270 Å². The van der Waals surface area contributed by atoms with Gasteiger partial charge < -0.3 is 30.0 Å². The number of anilines is 2. The zero-order valence-corrected chi connectivity index (χ0v) is 28.1. The Kier molecular flexibility index (Phi) is 14.1. The lowest BCUT2D eigenvalue weighted by molar-refractivity contribution is -0.123. The van der Waals surface area contributed by atoms with E-state index in [1.807, 2.05) is 32.1 Å². The van der Waals surface area contributed by atoms with Gasteiger partial charge in [0.05, 0.1) is 24.6 Å². The highest BCUT2D eigenvalue weighted by atomic mass is 16.5. The lowest BCUT2D eigenvalue weighted by Crippen LogP contribution is -2.47. The molecule has 45 heavy (non-hydrogen) atoms. The molecule has 3 aliphatic heterocycles. The summed E-state index contributed by atoms with van der Waals surface area (Å²) in [6, 6.07) is 7.34. The van der Waals surface area contributed by atoms with Crippen molar-refractivity contribution in [2.24, 2.45) is 0 Å². The van der Waals surface area contributed by atoms with Gasteiger partial charge in [0.15, 0.2) is 0 Å². The number of ether oxygens (including phenoxy) is 1. The van der Waals surface area contributed by atoms with Gasteiger partial charge in [-0.3, -0.25) is 24.3 Å². The second kappa shape index (κ2) is 17.9. The van der Waals surface area contributed by atoms with E-state index in [9.17, 15) is 14.4 Å². The summed E-state index contributed by atoms with van der Waals surface area (Å²) in [4.78, 5) is 47.2. The van der Waals surface area contributed by atoms with E-state index < -0.39 is 6.04 Å². The first kappa shape index (κ1) is 35.3. The summed E-state index contributed by atoms with van der Waals surface area (Å²) in [5.74, 6) is -0.287. The Bertz CT molecular complexity index is 1080. The molecule has 0 saturated carbocycles. The molecule has 3 heterocycles. The number of likely N-dealkylation sites (tertiary alicyclic amines) is 1. The van der Waals surface area contributed by atoms with Crippen LogP contribution in [0.5, 0.6) is 0 Å². The molecule has 0 aliphatic carbocycles. The lowest BCUT2D eigenvalue weighted by Gasteiger charge is -2.39. The third-order valence-electron chi connectivity index (χ3n) is 10.0. The standard InChI is InChI=1S/C34H57N7O4/c1-35-15-19-39(20-22-45-25-30-11-10-29-7-5-16-40(29)30)28-13-17-38(18-14-28)24-27-9-12-31(33(23-27)37(3)4)41(26-43)32(8-6-21-42)34(44)36-2/h9,12,21,23,26,28-30,32,35H,5-8,10-11,13-20,22,24-25H2,1-4H3,(H,36,44). The number of hydrogen-bond donors (Lipinski definition) is 2. The van der Waals surface area contributed by atoms with Gasteiger partial charge in [0.25, 0.3) is 0 Å². The lowest BCUT2D eigenvalue weighted by atomic mass is 10.0. The molecule has 11 heteroatoms. The second-order valence-corrected chi connectivity index (χ2v) is 13.1. The first-order chi connectivity index (χ1) is 21.9. The summed E-state index contributed by atoms with van der Waals surface area (Å²) in [5, 5.41) is 5.97. The topological polar surface area (TPSA) is 101 Å². The highest BCUT2D eigenvalue weighted by Gasteiger charge is 2.36. The number of aldehydes is 1. The fourth-order valence-corrected chi connectivity index (χ4v) is 7.54. The van der Waals surface area contributed by atoms with Gasteiger partial charge in [-0.15, -0.1) is 0 Å². The van der Waals surface area contributed by atoms with E-state index in [0.717, 1.165) is 83.3 Å². The maximum Gasteiger partial charge on any atom is 0.242 e. The van der Waals surface area contributed by atoms with Gasteiger partial charge in [-0.25, -0.2) is 0 Å². The molecule has 0 bridgehead atoms. The van der Waals surface area contributed by atoms with E-state index in [1.165, 1.54) is 42.7 Å². The summed E-state index contributed by atoms with van der Waals surface area (Å²) in [5.41, 5.74) is 2.70. The number of carbonyl (C=O) groups excluding carboxylic acids is 3. The SMILES string of the molecule is CNCCN(CCOCC1CCC2CCCN21)C1CCN(Cc2ccc(N(C=O)C(CCC=O)C(=O)NC)c(N(C)C)c2)CC1. The number of hydrogen-bond acceptors (Lipinski definition) is 9. The van der Waals surface area contributed by atoms with Gasteiger partial charge in [0.1, 0.15) is 12.3 Å². The van der Waals surface area contributed by atoms with Crippen molar-refractivity contribution in [1.29, 1.82) is 0 Å². The van der Waals surface area contributed by atoms with Crippen LogP contribution in [0.1, 0.15) is 56.9 Å². The zero-order valence-electron chi connectivity index (χ0n) is 28.1. The number of nitrogens with zero attached hydrogens (tertiary/aromatic N) is 5. The third kappa shape index (κ3) is 9.48. The molecule has 2 N–H and O–H groups in total. The first-order valence-corrected chi connectivity index (χ1v) is 17.0. The Morgan fingerprint density at radius 2 is 1.84 bits per heavy atom. The normalized spacial score (nSPS) is 21.5. The molecule has 3 aliphatic rings. The third-order valence-corrected chi connectivity index (χ3v) is 10.0. The van der Waals surface area contributed by atoms with Gasteiger partial charge in [0, 0.05) is 71.9 Å². The fraction of sp³-hybridized carbons (Fsp3) is 0.735. The molecule has 0 aromatic heterocycles. The number of piperidine rings is 1. The van der Waals surface area contributed by atoms with Crippen LogP contribution in [0.15, 0.2) is 18.2 Å². The van der Waals surface area contributed by atoms with Crippen molar-refractivity contribution < 1.29 is 19.1 Å². The molecule has 2 amide bonds. The van der Waals surface area contributed by atoms with Crippen LogP contribution in [0.25, 0.3) is 0 Å². The highest BCUT2D eigenvalue weighted by Crippen LogP contribution is 2.33. The van der Waals surface area contributed by atoms with Crippen LogP contribution in [-0.4, -0.2) is 138 Å². The summed E-state index contributed by atoms with van der Waals surface area (Å²) in [6.45, 7) is 8.81. The molecule has 252 valence electrons. The van der Waals surface area contributed by atoms with Crippen molar-refractivity contribution in [2.75, 3.05) is 90.5 Å². The van der Waals surface area contributed by atoms with E-state index in [0.29, 0.717) is 24.2 Å². The van der Waals surface area contributed by atoms with E-state index >= 15 is 0 Å².